The number of ether oxygens (including phenoxy) is 1. The Morgan fingerprint density at radius 3 is 2.87 bits per heavy atom. The number of thioether (sulfide) groups is 1. The van der Waals surface area contributed by atoms with E-state index in [1.165, 1.54) is 6.07 Å². The molecule has 23 heavy (non-hydrogen) atoms. The topological polar surface area (TPSA) is 50.4 Å². The summed E-state index contributed by atoms with van der Waals surface area (Å²) in [5.41, 5.74) is 0.704. The smallest absolute Gasteiger partial charge is 0.315 e. The van der Waals surface area contributed by atoms with Gasteiger partial charge in [-0.3, -0.25) is 0 Å². The summed E-state index contributed by atoms with van der Waals surface area (Å²) < 4.78 is 18.8. The maximum atomic E-state index is 13.4. The minimum atomic E-state index is -0.170. The minimum Gasteiger partial charge on any atom is -0.381 e. The van der Waals surface area contributed by atoms with Crippen LogP contribution in [-0.2, 0) is 10.5 Å². The molecule has 0 radical (unpaired) electrons. The highest BCUT2D eigenvalue weighted by Crippen LogP contribution is 2.18. The largest absolute Gasteiger partial charge is 0.381 e. The number of hydrogen-bond acceptors (Lipinski definition) is 3. The SMILES string of the molecule is C[C@@H](NC(=O)NCCSCc1ccccc1F)C1CCOCC1. The second-order valence-corrected chi connectivity index (χ2v) is 6.89. The van der Waals surface area contributed by atoms with Crippen molar-refractivity contribution < 1.29 is 13.9 Å². The van der Waals surface area contributed by atoms with Crippen molar-refractivity contribution in [2.45, 2.75) is 31.6 Å². The molecule has 1 atom stereocenters. The van der Waals surface area contributed by atoms with Crippen molar-refractivity contribution in [2.75, 3.05) is 25.5 Å². The molecule has 0 saturated carbocycles. The van der Waals surface area contributed by atoms with Gasteiger partial charge in [0.2, 0.25) is 0 Å². The van der Waals surface area contributed by atoms with Gasteiger partial charge < -0.3 is 15.4 Å². The van der Waals surface area contributed by atoms with Crippen molar-refractivity contribution in [3.63, 3.8) is 0 Å². The molecule has 2 N–H and O–H groups in total. The summed E-state index contributed by atoms with van der Waals surface area (Å²) in [7, 11) is 0. The molecular formula is C17H25FN2O2S. The first-order chi connectivity index (χ1) is 11.2. The first-order valence-electron chi connectivity index (χ1n) is 8.10. The highest BCUT2D eigenvalue weighted by atomic mass is 32.2. The van der Waals surface area contributed by atoms with Crippen LogP contribution in [0.15, 0.2) is 24.3 Å². The molecule has 1 aliphatic heterocycles. The van der Waals surface area contributed by atoms with E-state index in [4.69, 9.17) is 4.74 Å². The molecule has 6 heteroatoms. The van der Waals surface area contributed by atoms with Crippen LogP contribution in [0, 0.1) is 11.7 Å². The van der Waals surface area contributed by atoms with Crippen LogP contribution in [0.3, 0.4) is 0 Å². The minimum absolute atomic E-state index is 0.129. The van der Waals surface area contributed by atoms with Crippen LogP contribution in [0.2, 0.25) is 0 Å². The molecule has 0 aromatic heterocycles. The maximum Gasteiger partial charge on any atom is 0.315 e. The third kappa shape index (κ3) is 6.39. The van der Waals surface area contributed by atoms with Crippen molar-refractivity contribution in [3.05, 3.63) is 35.6 Å². The molecule has 1 saturated heterocycles. The highest BCUT2D eigenvalue weighted by molar-refractivity contribution is 7.98. The molecule has 0 unspecified atom stereocenters. The molecular weight excluding hydrogens is 315 g/mol. The van der Waals surface area contributed by atoms with Gasteiger partial charge >= 0.3 is 6.03 Å². The first-order valence-corrected chi connectivity index (χ1v) is 9.25. The molecule has 2 amide bonds. The Morgan fingerprint density at radius 1 is 1.39 bits per heavy atom. The van der Waals surface area contributed by atoms with Crippen LogP contribution in [0.25, 0.3) is 0 Å². The first kappa shape index (κ1) is 18.1. The van der Waals surface area contributed by atoms with Gasteiger partial charge in [0.25, 0.3) is 0 Å². The van der Waals surface area contributed by atoms with Crippen molar-refractivity contribution in [2.24, 2.45) is 5.92 Å². The lowest BCUT2D eigenvalue weighted by Gasteiger charge is -2.28. The summed E-state index contributed by atoms with van der Waals surface area (Å²) >= 11 is 1.61. The zero-order valence-electron chi connectivity index (χ0n) is 13.5. The quantitative estimate of drug-likeness (QED) is 0.750. The second-order valence-electron chi connectivity index (χ2n) is 5.78. The molecule has 128 valence electrons. The molecule has 0 aliphatic carbocycles. The van der Waals surface area contributed by atoms with Gasteiger partial charge in [0.1, 0.15) is 5.82 Å². The fourth-order valence-corrected chi connectivity index (χ4v) is 3.47. The zero-order valence-corrected chi connectivity index (χ0v) is 14.3. The average Bonchev–Trinajstić information content (AvgIpc) is 2.57. The lowest BCUT2D eigenvalue weighted by atomic mass is 9.93. The lowest BCUT2D eigenvalue weighted by molar-refractivity contribution is 0.0571. The molecule has 1 fully saturated rings. The van der Waals surface area contributed by atoms with E-state index in [-0.39, 0.29) is 17.9 Å². The summed E-state index contributed by atoms with van der Waals surface area (Å²) in [4.78, 5) is 11.9. The highest BCUT2D eigenvalue weighted by Gasteiger charge is 2.21. The Bertz CT molecular complexity index is 495. The van der Waals surface area contributed by atoms with Gasteiger partial charge in [-0.05, 0) is 37.3 Å². The molecule has 2 rings (SSSR count). The van der Waals surface area contributed by atoms with Crippen molar-refractivity contribution in [1.29, 1.82) is 0 Å². The standard InChI is InChI=1S/C17H25FN2O2S/c1-13(14-6-9-22-10-7-14)20-17(21)19-8-11-23-12-15-4-2-3-5-16(15)18/h2-5,13-14H,6-12H2,1H3,(H2,19,20,21)/t13-/m1/s1. The summed E-state index contributed by atoms with van der Waals surface area (Å²) in [5, 5.41) is 5.85. The summed E-state index contributed by atoms with van der Waals surface area (Å²) in [5.74, 6) is 1.70. The van der Waals surface area contributed by atoms with Crippen LogP contribution >= 0.6 is 11.8 Å². The normalized spacial score (nSPS) is 16.8. The number of nitrogens with one attached hydrogen (secondary N) is 2. The number of rotatable bonds is 7. The number of urea groups is 1. The van der Waals surface area contributed by atoms with Crippen LogP contribution in [-0.4, -0.2) is 37.6 Å². The number of benzene rings is 1. The van der Waals surface area contributed by atoms with E-state index in [0.717, 1.165) is 31.8 Å². The Morgan fingerprint density at radius 2 is 2.13 bits per heavy atom. The van der Waals surface area contributed by atoms with Crippen molar-refractivity contribution in [1.82, 2.24) is 10.6 Å². The predicted molar refractivity (Wildman–Crippen MR) is 92.1 cm³/mol. The fourth-order valence-electron chi connectivity index (χ4n) is 2.63. The average molecular weight is 340 g/mol. The van der Waals surface area contributed by atoms with E-state index in [0.29, 0.717) is 23.8 Å². The fraction of sp³-hybridized carbons (Fsp3) is 0.588. The van der Waals surface area contributed by atoms with E-state index in [2.05, 4.69) is 10.6 Å². The molecule has 4 nitrogen and oxygen atoms in total. The number of amides is 2. The van der Waals surface area contributed by atoms with E-state index in [1.54, 1.807) is 23.9 Å². The Kier molecular flexibility index (Phi) is 7.68. The Hall–Kier alpha value is -1.27. The van der Waals surface area contributed by atoms with Crippen LogP contribution < -0.4 is 10.6 Å². The third-order valence-corrected chi connectivity index (χ3v) is 5.09. The third-order valence-electron chi connectivity index (χ3n) is 4.08. The number of carbonyl (C=O) groups excluding carboxylic acids is 1. The van der Waals surface area contributed by atoms with Gasteiger partial charge in [0.15, 0.2) is 0 Å². The monoisotopic (exact) mass is 340 g/mol. The summed E-state index contributed by atoms with van der Waals surface area (Å²) in [6, 6.07) is 6.81. The molecule has 0 bridgehead atoms. The van der Waals surface area contributed by atoms with Gasteiger partial charge in [0.05, 0.1) is 0 Å². The van der Waals surface area contributed by atoms with E-state index in [1.807, 2.05) is 13.0 Å². The van der Waals surface area contributed by atoms with Gasteiger partial charge in [-0.2, -0.15) is 11.8 Å². The summed E-state index contributed by atoms with van der Waals surface area (Å²) in [6.45, 7) is 4.18. The van der Waals surface area contributed by atoms with Crippen LogP contribution in [0.1, 0.15) is 25.3 Å². The van der Waals surface area contributed by atoms with E-state index in [9.17, 15) is 9.18 Å². The summed E-state index contributed by atoms with van der Waals surface area (Å²) in [6.07, 6.45) is 2.00. The van der Waals surface area contributed by atoms with Gasteiger partial charge in [-0.25, -0.2) is 9.18 Å². The van der Waals surface area contributed by atoms with Gasteiger partial charge in [-0.15, -0.1) is 0 Å². The van der Waals surface area contributed by atoms with E-state index < -0.39 is 0 Å². The molecule has 1 aromatic carbocycles. The lowest BCUT2D eigenvalue weighted by Crippen LogP contribution is -2.45. The van der Waals surface area contributed by atoms with Crippen LogP contribution in [0.5, 0.6) is 0 Å². The number of halogens is 1. The second kappa shape index (κ2) is 9.78. The van der Waals surface area contributed by atoms with Crippen molar-refractivity contribution in [3.8, 4) is 0 Å². The maximum absolute atomic E-state index is 13.4. The predicted octanol–water partition coefficient (Wildman–Crippen LogP) is 3.17. The molecule has 1 aromatic rings. The van der Waals surface area contributed by atoms with E-state index >= 15 is 0 Å². The van der Waals surface area contributed by atoms with Gasteiger partial charge in [0, 0.05) is 37.3 Å². The van der Waals surface area contributed by atoms with Crippen molar-refractivity contribution >= 4 is 17.8 Å². The number of hydrogen-bond donors (Lipinski definition) is 2. The molecule has 1 heterocycles. The van der Waals surface area contributed by atoms with Gasteiger partial charge in [-0.1, -0.05) is 18.2 Å². The number of carbonyl (C=O) groups is 1. The van der Waals surface area contributed by atoms with Crippen LogP contribution in [0.4, 0.5) is 9.18 Å². The molecule has 1 aliphatic rings. The molecule has 0 spiro atoms. The Balaban J connectivity index is 1.57. The Labute approximate surface area is 141 Å². The zero-order chi connectivity index (χ0) is 16.5.